The molecule has 2 aromatic rings. The van der Waals surface area contributed by atoms with Gasteiger partial charge in [-0.1, -0.05) is 6.92 Å². The van der Waals surface area contributed by atoms with Crippen LogP contribution in [0.1, 0.15) is 19.8 Å². The molecule has 1 unspecified atom stereocenters. The molecule has 1 atom stereocenters. The first-order valence-corrected chi connectivity index (χ1v) is 8.30. The van der Waals surface area contributed by atoms with Crippen LogP contribution in [0.5, 0.6) is 0 Å². The number of rotatable bonds is 6. The van der Waals surface area contributed by atoms with Gasteiger partial charge in [0.15, 0.2) is 0 Å². The molecule has 23 heavy (non-hydrogen) atoms. The maximum absolute atomic E-state index is 12.5. The predicted octanol–water partition coefficient (Wildman–Crippen LogP) is 1.17. The number of fused-ring (bicyclic) bond motifs is 1. The van der Waals surface area contributed by atoms with Crippen molar-refractivity contribution in [1.82, 2.24) is 14.5 Å². The highest BCUT2D eigenvalue weighted by molar-refractivity contribution is 7.16. The lowest BCUT2D eigenvalue weighted by Gasteiger charge is -2.24. The summed E-state index contributed by atoms with van der Waals surface area (Å²) in [5, 5.41) is 11.3. The lowest BCUT2D eigenvalue weighted by molar-refractivity contribution is -0.143. The van der Waals surface area contributed by atoms with E-state index in [1.54, 1.807) is 23.3 Å². The Kier molecular flexibility index (Phi) is 4.16. The Hall–Kier alpha value is -2.22. The van der Waals surface area contributed by atoms with Gasteiger partial charge in [-0.15, -0.1) is 11.3 Å². The van der Waals surface area contributed by atoms with Crippen molar-refractivity contribution in [3.8, 4) is 0 Å². The number of carbonyl (C=O) groups excluding carboxylic acids is 1. The van der Waals surface area contributed by atoms with Gasteiger partial charge in [-0.3, -0.25) is 19.0 Å². The van der Waals surface area contributed by atoms with Crippen molar-refractivity contribution < 1.29 is 14.7 Å². The Labute approximate surface area is 136 Å². The number of carbonyl (C=O) groups is 2. The number of carboxylic acid groups (broad SMARTS) is 1. The lowest BCUT2D eigenvalue weighted by Crippen LogP contribution is -2.41. The molecule has 1 aliphatic rings. The zero-order valence-electron chi connectivity index (χ0n) is 12.6. The highest BCUT2D eigenvalue weighted by Crippen LogP contribution is 2.28. The molecule has 1 N–H and O–H groups in total. The Morgan fingerprint density at radius 1 is 1.52 bits per heavy atom. The molecule has 2 aromatic heterocycles. The Bertz CT molecular complexity index is 808. The Morgan fingerprint density at radius 2 is 2.26 bits per heavy atom. The minimum atomic E-state index is -0.929. The number of aliphatic carboxylic acids is 1. The van der Waals surface area contributed by atoms with E-state index in [1.807, 2.05) is 0 Å². The van der Waals surface area contributed by atoms with Crippen molar-refractivity contribution in [1.29, 1.82) is 0 Å². The molecule has 2 heterocycles. The lowest BCUT2D eigenvalue weighted by atomic mass is 10.1. The van der Waals surface area contributed by atoms with Crippen molar-refractivity contribution in [2.24, 2.45) is 5.92 Å². The number of hydrogen-bond donors (Lipinski definition) is 1. The third kappa shape index (κ3) is 3.26. The van der Waals surface area contributed by atoms with E-state index in [-0.39, 0.29) is 30.6 Å². The van der Waals surface area contributed by atoms with Gasteiger partial charge in [0.1, 0.15) is 11.4 Å². The van der Waals surface area contributed by atoms with E-state index in [0.717, 1.165) is 12.8 Å². The van der Waals surface area contributed by atoms with E-state index < -0.39 is 11.9 Å². The molecule has 1 fully saturated rings. The standard InChI is InChI=1S/C15H17N3O4S/c1-9(15(21)22)6-18(10-2-3-10)12(19)7-17-8-16-13-11(14(17)20)4-5-23-13/h4-5,8-10H,2-3,6-7H2,1H3,(H,21,22). The van der Waals surface area contributed by atoms with Crippen LogP contribution in [0, 0.1) is 5.92 Å². The monoisotopic (exact) mass is 335 g/mol. The predicted molar refractivity (Wildman–Crippen MR) is 85.4 cm³/mol. The van der Waals surface area contributed by atoms with Crippen LogP contribution in [0.2, 0.25) is 0 Å². The van der Waals surface area contributed by atoms with E-state index in [1.165, 1.54) is 22.2 Å². The summed E-state index contributed by atoms with van der Waals surface area (Å²) >= 11 is 1.38. The summed E-state index contributed by atoms with van der Waals surface area (Å²) in [6.45, 7) is 1.64. The van der Waals surface area contributed by atoms with Gasteiger partial charge in [0.05, 0.1) is 17.6 Å². The van der Waals surface area contributed by atoms with Gasteiger partial charge in [0.2, 0.25) is 5.91 Å². The number of aromatic nitrogens is 2. The van der Waals surface area contributed by atoms with Crippen molar-refractivity contribution >= 4 is 33.4 Å². The van der Waals surface area contributed by atoms with Gasteiger partial charge in [0, 0.05) is 12.6 Å². The van der Waals surface area contributed by atoms with Crippen LogP contribution in [0.4, 0.5) is 0 Å². The summed E-state index contributed by atoms with van der Waals surface area (Å²) in [5.74, 6) is -1.80. The molecule has 0 bridgehead atoms. The molecule has 1 saturated carbocycles. The Balaban J connectivity index is 1.79. The summed E-state index contributed by atoms with van der Waals surface area (Å²) in [6, 6.07) is 1.79. The van der Waals surface area contributed by atoms with Gasteiger partial charge in [-0.2, -0.15) is 0 Å². The molecule has 7 nitrogen and oxygen atoms in total. The second kappa shape index (κ2) is 6.11. The van der Waals surface area contributed by atoms with E-state index in [2.05, 4.69) is 4.98 Å². The molecule has 0 aliphatic heterocycles. The summed E-state index contributed by atoms with van der Waals surface area (Å²) in [4.78, 5) is 42.3. The fourth-order valence-electron chi connectivity index (χ4n) is 2.46. The van der Waals surface area contributed by atoms with Crippen LogP contribution < -0.4 is 5.56 Å². The van der Waals surface area contributed by atoms with Crippen molar-refractivity contribution in [3.63, 3.8) is 0 Å². The fourth-order valence-corrected chi connectivity index (χ4v) is 3.18. The average Bonchev–Trinajstić information content (AvgIpc) is 3.23. The highest BCUT2D eigenvalue weighted by Gasteiger charge is 2.34. The third-order valence-electron chi connectivity index (χ3n) is 3.96. The number of hydrogen-bond acceptors (Lipinski definition) is 5. The minimum absolute atomic E-state index is 0.0952. The van der Waals surface area contributed by atoms with Crippen LogP contribution in [-0.2, 0) is 16.1 Å². The fraction of sp³-hybridized carbons (Fsp3) is 0.467. The van der Waals surface area contributed by atoms with E-state index in [0.29, 0.717) is 10.2 Å². The quantitative estimate of drug-likeness (QED) is 0.855. The minimum Gasteiger partial charge on any atom is -0.481 e. The van der Waals surface area contributed by atoms with Gasteiger partial charge >= 0.3 is 5.97 Å². The number of amides is 1. The van der Waals surface area contributed by atoms with Crippen LogP contribution in [0.25, 0.3) is 10.2 Å². The molecule has 0 aromatic carbocycles. The SMILES string of the molecule is CC(CN(C(=O)Cn1cnc2sccc2c1=O)C1CC1)C(=O)O. The zero-order valence-corrected chi connectivity index (χ0v) is 13.5. The first kappa shape index (κ1) is 15.7. The molecular formula is C15H17N3O4S. The zero-order chi connectivity index (χ0) is 16.6. The molecule has 1 aliphatic carbocycles. The summed E-state index contributed by atoms with van der Waals surface area (Å²) in [7, 11) is 0. The largest absolute Gasteiger partial charge is 0.481 e. The number of carboxylic acids is 1. The number of thiophene rings is 1. The van der Waals surface area contributed by atoms with Crippen LogP contribution in [-0.4, -0.2) is 44.0 Å². The average molecular weight is 335 g/mol. The molecule has 0 saturated heterocycles. The first-order chi connectivity index (χ1) is 11.0. The molecule has 122 valence electrons. The molecule has 8 heteroatoms. The molecule has 0 radical (unpaired) electrons. The van der Waals surface area contributed by atoms with Gasteiger partial charge in [-0.05, 0) is 24.3 Å². The topological polar surface area (TPSA) is 92.5 Å². The van der Waals surface area contributed by atoms with Crippen molar-refractivity contribution in [3.05, 3.63) is 28.1 Å². The van der Waals surface area contributed by atoms with Crippen molar-refractivity contribution in [2.45, 2.75) is 32.4 Å². The summed E-state index contributed by atoms with van der Waals surface area (Å²) in [5.41, 5.74) is -0.244. The van der Waals surface area contributed by atoms with E-state index in [4.69, 9.17) is 5.11 Å². The second-order valence-electron chi connectivity index (χ2n) is 5.83. The third-order valence-corrected chi connectivity index (χ3v) is 4.78. The Morgan fingerprint density at radius 3 is 2.91 bits per heavy atom. The molecule has 3 rings (SSSR count). The maximum Gasteiger partial charge on any atom is 0.308 e. The van der Waals surface area contributed by atoms with Crippen LogP contribution in [0.3, 0.4) is 0 Å². The van der Waals surface area contributed by atoms with Crippen molar-refractivity contribution in [2.75, 3.05) is 6.54 Å². The normalized spacial score (nSPS) is 15.5. The van der Waals surface area contributed by atoms with Gasteiger partial charge in [-0.25, -0.2) is 4.98 Å². The molecule has 1 amide bonds. The maximum atomic E-state index is 12.5. The molecule has 0 spiro atoms. The van der Waals surface area contributed by atoms with E-state index >= 15 is 0 Å². The van der Waals surface area contributed by atoms with E-state index in [9.17, 15) is 14.4 Å². The van der Waals surface area contributed by atoms with Crippen LogP contribution in [0.15, 0.2) is 22.6 Å². The first-order valence-electron chi connectivity index (χ1n) is 7.42. The summed E-state index contributed by atoms with van der Waals surface area (Å²) < 4.78 is 1.29. The van der Waals surface area contributed by atoms with Gasteiger partial charge < -0.3 is 10.0 Å². The van der Waals surface area contributed by atoms with Crippen LogP contribution >= 0.6 is 11.3 Å². The smallest absolute Gasteiger partial charge is 0.308 e. The number of nitrogens with zero attached hydrogens (tertiary/aromatic N) is 3. The summed E-state index contributed by atoms with van der Waals surface area (Å²) in [6.07, 6.45) is 3.15. The van der Waals surface area contributed by atoms with Gasteiger partial charge in [0.25, 0.3) is 5.56 Å². The molecular weight excluding hydrogens is 318 g/mol. The highest BCUT2D eigenvalue weighted by atomic mass is 32.1. The second-order valence-corrected chi connectivity index (χ2v) is 6.73.